The van der Waals surface area contributed by atoms with Crippen molar-refractivity contribution >= 4 is 39.8 Å². The first-order valence-corrected chi connectivity index (χ1v) is 9.76. The van der Waals surface area contributed by atoms with Crippen LogP contribution in [-0.2, 0) is 4.79 Å². The van der Waals surface area contributed by atoms with Gasteiger partial charge in [-0.25, -0.2) is 9.97 Å². The summed E-state index contributed by atoms with van der Waals surface area (Å²) in [6.45, 7) is 3.57. The van der Waals surface area contributed by atoms with E-state index in [1.54, 1.807) is 6.33 Å². The predicted octanol–water partition coefficient (Wildman–Crippen LogP) is 1.46. The molecule has 2 aliphatic heterocycles. The summed E-state index contributed by atoms with van der Waals surface area (Å²) in [6, 6.07) is 1.73. The Bertz CT molecular complexity index is 840. The van der Waals surface area contributed by atoms with Crippen LogP contribution >= 0.6 is 11.8 Å². The van der Waals surface area contributed by atoms with Crippen molar-refractivity contribution < 1.29 is 9.59 Å². The van der Waals surface area contributed by atoms with Gasteiger partial charge in [0.1, 0.15) is 23.8 Å². The minimum atomic E-state index is -0.401. The number of aromatic amines is 1. The van der Waals surface area contributed by atoms with E-state index in [4.69, 9.17) is 0 Å². The highest BCUT2D eigenvalue weighted by molar-refractivity contribution is 8.14. The molecule has 9 heteroatoms. The summed E-state index contributed by atoms with van der Waals surface area (Å²) in [7, 11) is 2.02. The third-order valence-electron chi connectivity index (χ3n) is 5.37. The van der Waals surface area contributed by atoms with Crippen molar-refractivity contribution in [1.82, 2.24) is 25.2 Å². The summed E-state index contributed by atoms with van der Waals surface area (Å²) in [5.41, 5.74) is 0.809. The molecule has 0 saturated carbocycles. The molecule has 4 heterocycles. The molecule has 8 nitrogen and oxygen atoms in total. The molecule has 0 aliphatic carbocycles. The zero-order valence-electron chi connectivity index (χ0n) is 14.8. The number of aromatic nitrogens is 3. The van der Waals surface area contributed by atoms with E-state index in [1.807, 2.05) is 24.2 Å². The van der Waals surface area contributed by atoms with Gasteiger partial charge in [0.15, 0.2) is 0 Å². The molecular formula is C17H22N6O2S. The Kier molecular flexibility index (Phi) is 4.47. The van der Waals surface area contributed by atoms with E-state index in [-0.39, 0.29) is 17.2 Å². The molecule has 3 atom stereocenters. The molecule has 2 aromatic heterocycles. The lowest BCUT2D eigenvalue weighted by molar-refractivity contribution is -0.134. The van der Waals surface area contributed by atoms with E-state index in [0.29, 0.717) is 18.2 Å². The molecule has 2 saturated heterocycles. The van der Waals surface area contributed by atoms with Crippen LogP contribution in [0.4, 0.5) is 10.6 Å². The fourth-order valence-electron chi connectivity index (χ4n) is 3.79. The second-order valence-electron chi connectivity index (χ2n) is 6.96. The van der Waals surface area contributed by atoms with Gasteiger partial charge in [-0.05, 0) is 18.4 Å². The average Bonchev–Trinajstić information content (AvgIpc) is 3.29. The molecule has 26 heavy (non-hydrogen) atoms. The van der Waals surface area contributed by atoms with Crippen molar-refractivity contribution in [2.75, 3.05) is 30.8 Å². The highest BCUT2D eigenvalue weighted by Gasteiger charge is 2.37. The van der Waals surface area contributed by atoms with Crippen molar-refractivity contribution in [2.24, 2.45) is 5.92 Å². The van der Waals surface area contributed by atoms with Crippen LogP contribution < -0.4 is 10.2 Å². The fraction of sp³-hybridized carbons (Fsp3) is 0.529. The number of likely N-dealkylation sites (tertiary alicyclic amines) is 1. The van der Waals surface area contributed by atoms with Crippen LogP contribution in [0.3, 0.4) is 0 Å². The average molecular weight is 374 g/mol. The number of carbonyl (C=O) groups is 2. The Morgan fingerprint density at radius 3 is 3.04 bits per heavy atom. The first-order valence-electron chi connectivity index (χ1n) is 8.77. The topological polar surface area (TPSA) is 94.2 Å². The summed E-state index contributed by atoms with van der Waals surface area (Å²) >= 11 is 1.18. The first-order chi connectivity index (χ1) is 12.5. The van der Waals surface area contributed by atoms with Crippen molar-refractivity contribution in [3.8, 4) is 0 Å². The molecule has 138 valence electrons. The molecule has 0 spiro atoms. The standard InChI is InChI=1S/C17H22N6O2S/c1-10-4-6-23(16(24)12-8-26-17(25)21-12)7-13(10)22(2)15-11-3-5-18-14(11)19-9-20-15/h3,5,9-10,12-13H,4,6-8H2,1-2H3,(H,21,25)(H,18,19,20). The smallest absolute Gasteiger partial charge is 0.279 e. The molecule has 2 aromatic rings. The van der Waals surface area contributed by atoms with Crippen molar-refractivity contribution in [3.05, 3.63) is 18.6 Å². The maximum atomic E-state index is 12.8. The van der Waals surface area contributed by atoms with Gasteiger partial charge in [-0.15, -0.1) is 0 Å². The maximum Gasteiger partial charge on any atom is 0.279 e. The van der Waals surface area contributed by atoms with Crippen LogP contribution in [0.15, 0.2) is 18.6 Å². The maximum absolute atomic E-state index is 12.8. The van der Waals surface area contributed by atoms with Gasteiger partial charge in [-0.2, -0.15) is 0 Å². The zero-order valence-corrected chi connectivity index (χ0v) is 15.6. The third kappa shape index (κ3) is 3.00. The Morgan fingerprint density at radius 2 is 2.27 bits per heavy atom. The number of H-pyrrole nitrogens is 1. The van der Waals surface area contributed by atoms with E-state index >= 15 is 0 Å². The lowest BCUT2D eigenvalue weighted by atomic mass is 9.92. The quantitative estimate of drug-likeness (QED) is 0.845. The van der Waals surface area contributed by atoms with E-state index in [0.717, 1.165) is 29.8 Å². The summed E-state index contributed by atoms with van der Waals surface area (Å²) in [4.78, 5) is 40.1. The summed E-state index contributed by atoms with van der Waals surface area (Å²) in [6.07, 6.45) is 4.35. The van der Waals surface area contributed by atoms with Crippen LogP contribution in [0, 0.1) is 5.92 Å². The number of nitrogens with zero attached hydrogens (tertiary/aromatic N) is 4. The van der Waals surface area contributed by atoms with E-state index in [2.05, 4.69) is 32.1 Å². The molecule has 3 unspecified atom stereocenters. The van der Waals surface area contributed by atoms with E-state index < -0.39 is 6.04 Å². The molecule has 0 radical (unpaired) electrons. The predicted molar refractivity (Wildman–Crippen MR) is 101 cm³/mol. The van der Waals surface area contributed by atoms with Gasteiger partial charge < -0.3 is 20.1 Å². The number of anilines is 1. The minimum absolute atomic E-state index is 0.0168. The molecule has 2 fully saturated rings. The Morgan fingerprint density at radius 1 is 1.42 bits per heavy atom. The Balaban J connectivity index is 1.54. The second-order valence-corrected chi connectivity index (χ2v) is 7.95. The van der Waals surface area contributed by atoms with Gasteiger partial charge >= 0.3 is 0 Å². The monoisotopic (exact) mass is 374 g/mol. The van der Waals surface area contributed by atoms with E-state index in [9.17, 15) is 9.59 Å². The lowest BCUT2D eigenvalue weighted by Gasteiger charge is -2.42. The highest BCUT2D eigenvalue weighted by atomic mass is 32.2. The van der Waals surface area contributed by atoms with Crippen LogP contribution in [0.5, 0.6) is 0 Å². The van der Waals surface area contributed by atoms with Gasteiger partial charge in [0.05, 0.1) is 11.4 Å². The highest BCUT2D eigenvalue weighted by Crippen LogP contribution is 2.29. The molecule has 2 N–H and O–H groups in total. The number of piperidine rings is 1. The molecular weight excluding hydrogens is 352 g/mol. The van der Waals surface area contributed by atoms with Crippen molar-refractivity contribution in [3.63, 3.8) is 0 Å². The first kappa shape index (κ1) is 17.1. The number of hydrogen-bond acceptors (Lipinski definition) is 6. The zero-order chi connectivity index (χ0) is 18.3. The summed E-state index contributed by atoms with van der Waals surface area (Å²) < 4.78 is 0. The largest absolute Gasteiger partial charge is 0.354 e. The van der Waals surface area contributed by atoms with Gasteiger partial charge in [0, 0.05) is 32.1 Å². The number of amides is 2. The van der Waals surface area contributed by atoms with Crippen LogP contribution in [-0.4, -0.2) is 69.0 Å². The molecule has 2 aliphatic rings. The lowest BCUT2D eigenvalue weighted by Crippen LogP contribution is -2.56. The normalized spacial score (nSPS) is 26.2. The van der Waals surface area contributed by atoms with Crippen molar-refractivity contribution in [2.45, 2.75) is 25.4 Å². The molecule has 4 rings (SSSR count). The summed E-state index contributed by atoms with van der Waals surface area (Å²) in [5.74, 6) is 1.83. The van der Waals surface area contributed by atoms with Gasteiger partial charge in [0.25, 0.3) is 5.24 Å². The third-order valence-corrected chi connectivity index (χ3v) is 6.25. The minimum Gasteiger partial charge on any atom is -0.354 e. The number of thioether (sulfide) groups is 1. The summed E-state index contributed by atoms with van der Waals surface area (Å²) in [5, 5.41) is 3.62. The SMILES string of the molecule is CC1CCN(C(=O)C2CSC(=O)N2)CC1N(C)c1ncnc2[nH]ccc12. The van der Waals surface area contributed by atoms with E-state index in [1.165, 1.54) is 11.8 Å². The number of rotatable bonds is 3. The molecule has 0 aromatic carbocycles. The second kappa shape index (κ2) is 6.79. The van der Waals surface area contributed by atoms with Gasteiger partial charge in [0.2, 0.25) is 5.91 Å². The molecule has 2 amide bonds. The van der Waals surface area contributed by atoms with Crippen molar-refractivity contribution in [1.29, 1.82) is 0 Å². The fourth-order valence-corrected chi connectivity index (χ4v) is 4.56. The number of fused-ring (bicyclic) bond motifs is 1. The number of likely N-dealkylation sites (N-methyl/N-ethyl adjacent to an activating group) is 1. The number of hydrogen-bond donors (Lipinski definition) is 2. The molecule has 0 bridgehead atoms. The van der Waals surface area contributed by atoms with Gasteiger partial charge in [-0.3, -0.25) is 9.59 Å². The van der Waals surface area contributed by atoms with Crippen LogP contribution in [0.25, 0.3) is 11.0 Å². The Labute approximate surface area is 155 Å². The van der Waals surface area contributed by atoms with Crippen LogP contribution in [0.1, 0.15) is 13.3 Å². The Hall–Kier alpha value is -2.29. The number of carbonyl (C=O) groups excluding carboxylic acids is 2. The number of nitrogens with one attached hydrogen (secondary N) is 2. The van der Waals surface area contributed by atoms with Gasteiger partial charge in [-0.1, -0.05) is 18.7 Å². The van der Waals surface area contributed by atoms with Crippen LogP contribution in [0.2, 0.25) is 0 Å².